The van der Waals surface area contributed by atoms with Crippen molar-refractivity contribution in [1.29, 1.82) is 0 Å². The first-order valence-corrected chi connectivity index (χ1v) is 5.13. The van der Waals surface area contributed by atoms with Crippen LogP contribution < -0.4 is 35.3 Å². The van der Waals surface area contributed by atoms with E-state index in [9.17, 15) is 4.79 Å². The maximum atomic E-state index is 11.0. The Labute approximate surface area is 124 Å². The average Bonchev–Trinajstić information content (AvgIpc) is 2.21. The summed E-state index contributed by atoms with van der Waals surface area (Å²) in [6, 6.07) is 7.15. The normalized spacial score (nSPS) is 13.7. The van der Waals surface area contributed by atoms with Crippen LogP contribution in [0, 0.1) is 0 Å². The predicted octanol–water partition coefficient (Wildman–Crippen LogP) is -0.809. The van der Waals surface area contributed by atoms with E-state index in [1.54, 1.807) is 25.1 Å². The Morgan fingerprint density at radius 2 is 2.12 bits per heavy atom. The molecule has 0 saturated heterocycles. The van der Waals surface area contributed by atoms with Gasteiger partial charge in [0.25, 0.3) is 0 Å². The number of hydrogen-bond acceptors (Lipinski definition) is 2. The fourth-order valence-corrected chi connectivity index (χ4v) is 1.54. The Kier molecular flexibility index (Phi) is 6.60. The zero-order chi connectivity index (χ0) is 11.5. The average molecular weight is 252 g/mol. The van der Waals surface area contributed by atoms with E-state index in [0.717, 1.165) is 5.56 Å². The van der Waals surface area contributed by atoms with Gasteiger partial charge in [-0.3, -0.25) is 4.79 Å². The van der Waals surface area contributed by atoms with Crippen LogP contribution in [0.4, 0.5) is 0 Å². The van der Waals surface area contributed by atoms with Gasteiger partial charge in [-0.05, 0) is 18.1 Å². The van der Waals surface area contributed by atoms with Gasteiger partial charge in [0, 0.05) is 11.4 Å². The molecule has 1 rings (SSSR count). The maximum Gasteiger partial charge on any atom is 1.00 e. The van der Waals surface area contributed by atoms with E-state index >= 15 is 0 Å². The SMILES string of the molecule is CCC(N)(Cc1ccccc1Cl)C(=O)O.[H-].[Na+]. The van der Waals surface area contributed by atoms with Crippen molar-refractivity contribution in [2.24, 2.45) is 5.73 Å². The third kappa shape index (κ3) is 3.75. The summed E-state index contributed by atoms with van der Waals surface area (Å²) >= 11 is 5.94. The summed E-state index contributed by atoms with van der Waals surface area (Å²) in [7, 11) is 0. The summed E-state index contributed by atoms with van der Waals surface area (Å²) in [6.07, 6.45) is 0.617. The van der Waals surface area contributed by atoms with E-state index in [4.69, 9.17) is 22.4 Å². The molecule has 84 valence electrons. The number of carboxylic acid groups (broad SMARTS) is 1. The van der Waals surface area contributed by atoms with Crippen molar-refractivity contribution in [3.8, 4) is 0 Å². The summed E-state index contributed by atoms with van der Waals surface area (Å²) in [5, 5.41) is 9.57. The van der Waals surface area contributed by atoms with E-state index in [1.165, 1.54) is 0 Å². The second-order valence-electron chi connectivity index (χ2n) is 3.58. The quantitative estimate of drug-likeness (QED) is 0.688. The van der Waals surface area contributed by atoms with Gasteiger partial charge in [0.1, 0.15) is 5.54 Å². The monoisotopic (exact) mass is 251 g/mol. The van der Waals surface area contributed by atoms with Crippen LogP contribution in [0.15, 0.2) is 24.3 Å². The molecular weight excluding hydrogens is 237 g/mol. The number of carboxylic acids is 1. The largest absolute Gasteiger partial charge is 1.00 e. The number of nitrogens with two attached hydrogens (primary N) is 1. The van der Waals surface area contributed by atoms with Gasteiger partial charge >= 0.3 is 35.5 Å². The van der Waals surface area contributed by atoms with E-state index in [-0.39, 0.29) is 37.4 Å². The molecule has 1 aromatic carbocycles. The molecule has 0 aromatic heterocycles. The van der Waals surface area contributed by atoms with Gasteiger partial charge in [-0.15, -0.1) is 0 Å². The summed E-state index contributed by atoms with van der Waals surface area (Å²) < 4.78 is 0. The van der Waals surface area contributed by atoms with Crippen molar-refractivity contribution >= 4 is 17.6 Å². The molecule has 3 N–H and O–H groups in total. The van der Waals surface area contributed by atoms with Gasteiger partial charge in [-0.2, -0.15) is 0 Å². The molecule has 0 radical (unpaired) electrons. The van der Waals surface area contributed by atoms with E-state index < -0.39 is 11.5 Å². The van der Waals surface area contributed by atoms with E-state index in [0.29, 0.717) is 11.4 Å². The Bertz CT molecular complexity index is 378. The number of halogens is 1. The van der Waals surface area contributed by atoms with Gasteiger partial charge in [0.2, 0.25) is 0 Å². The number of hydrogen-bond donors (Lipinski definition) is 2. The van der Waals surface area contributed by atoms with Gasteiger partial charge in [-0.1, -0.05) is 36.7 Å². The maximum absolute atomic E-state index is 11.0. The Balaban J connectivity index is 0. The van der Waals surface area contributed by atoms with E-state index in [2.05, 4.69) is 0 Å². The summed E-state index contributed by atoms with van der Waals surface area (Å²) in [6.45, 7) is 1.75. The molecule has 16 heavy (non-hydrogen) atoms. The van der Waals surface area contributed by atoms with Crippen LogP contribution in [0.2, 0.25) is 5.02 Å². The first kappa shape index (κ1) is 15.9. The van der Waals surface area contributed by atoms with Crippen molar-refractivity contribution < 1.29 is 40.9 Å². The van der Waals surface area contributed by atoms with Crippen LogP contribution in [0.5, 0.6) is 0 Å². The van der Waals surface area contributed by atoms with Crippen molar-refractivity contribution in [1.82, 2.24) is 0 Å². The van der Waals surface area contributed by atoms with Crippen LogP contribution in [0.25, 0.3) is 0 Å². The molecule has 0 aliphatic rings. The van der Waals surface area contributed by atoms with Gasteiger partial charge < -0.3 is 12.3 Å². The van der Waals surface area contributed by atoms with Crippen LogP contribution in [0.3, 0.4) is 0 Å². The Morgan fingerprint density at radius 3 is 2.56 bits per heavy atom. The molecule has 0 spiro atoms. The number of rotatable bonds is 4. The van der Waals surface area contributed by atoms with Gasteiger partial charge in [-0.25, -0.2) is 0 Å². The van der Waals surface area contributed by atoms with Crippen molar-refractivity contribution in [2.75, 3.05) is 0 Å². The molecule has 0 saturated carbocycles. The van der Waals surface area contributed by atoms with Crippen LogP contribution >= 0.6 is 11.6 Å². The minimum Gasteiger partial charge on any atom is -1.00 e. The third-order valence-electron chi connectivity index (χ3n) is 2.52. The van der Waals surface area contributed by atoms with Crippen LogP contribution in [-0.4, -0.2) is 16.6 Å². The Morgan fingerprint density at radius 1 is 1.56 bits per heavy atom. The predicted molar refractivity (Wildman–Crippen MR) is 61.1 cm³/mol. The fraction of sp³-hybridized carbons (Fsp3) is 0.364. The second-order valence-corrected chi connectivity index (χ2v) is 3.99. The standard InChI is InChI=1S/C11H14ClNO2.Na.H/c1-2-11(13,10(14)15)7-8-5-3-4-6-9(8)12;;/h3-6H,2,7,13H2,1H3,(H,14,15);;/q;+1;-1. The van der Waals surface area contributed by atoms with Crippen molar-refractivity contribution in [3.63, 3.8) is 0 Å². The summed E-state index contributed by atoms with van der Waals surface area (Å²) in [5.74, 6) is -0.995. The second kappa shape index (κ2) is 6.62. The van der Waals surface area contributed by atoms with Crippen molar-refractivity contribution in [3.05, 3.63) is 34.9 Å². The van der Waals surface area contributed by atoms with Gasteiger partial charge in [0.05, 0.1) is 0 Å². The smallest absolute Gasteiger partial charge is 1.00 e. The minimum absolute atomic E-state index is 0. The van der Waals surface area contributed by atoms with Crippen molar-refractivity contribution in [2.45, 2.75) is 25.3 Å². The Hall–Kier alpha value is -0.0600. The molecule has 0 aliphatic heterocycles. The molecule has 0 heterocycles. The number of benzene rings is 1. The molecular formula is C11H15ClNNaO2. The molecule has 1 aromatic rings. The molecule has 0 bridgehead atoms. The molecule has 0 amide bonds. The fourth-order valence-electron chi connectivity index (χ4n) is 1.33. The van der Waals surface area contributed by atoms with Gasteiger partial charge in [0.15, 0.2) is 0 Å². The zero-order valence-corrected chi connectivity index (χ0v) is 12.3. The molecule has 3 nitrogen and oxygen atoms in total. The summed E-state index contributed by atoms with van der Waals surface area (Å²) in [5.41, 5.74) is 5.32. The molecule has 1 atom stereocenters. The zero-order valence-electron chi connectivity index (χ0n) is 10.5. The third-order valence-corrected chi connectivity index (χ3v) is 2.89. The first-order valence-electron chi connectivity index (χ1n) is 4.75. The molecule has 0 aliphatic carbocycles. The van der Waals surface area contributed by atoms with E-state index in [1.807, 2.05) is 6.07 Å². The summed E-state index contributed by atoms with van der Waals surface area (Å²) in [4.78, 5) is 11.0. The van der Waals surface area contributed by atoms with Crippen LogP contribution in [0.1, 0.15) is 20.3 Å². The molecule has 5 heteroatoms. The number of carbonyl (C=O) groups is 1. The number of aliphatic carboxylic acids is 1. The molecule has 0 fully saturated rings. The topological polar surface area (TPSA) is 63.3 Å². The molecule has 1 unspecified atom stereocenters. The minimum atomic E-state index is -1.23. The first-order chi connectivity index (χ1) is 6.99. The van der Waals surface area contributed by atoms with Crippen LogP contribution in [-0.2, 0) is 11.2 Å².